The van der Waals surface area contributed by atoms with Gasteiger partial charge in [0.25, 0.3) is 0 Å². The normalized spacial score (nSPS) is 34.2. The molecule has 0 spiro atoms. The monoisotopic (exact) mass is 185 g/mol. The number of hydrogen-bond acceptors (Lipinski definition) is 3. The van der Waals surface area contributed by atoms with Crippen LogP contribution in [0.3, 0.4) is 0 Å². The van der Waals surface area contributed by atoms with Gasteiger partial charge in [0.1, 0.15) is 0 Å². The van der Waals surface area contributed by atoms with Gasteiger partial charge in [-0.2, -0.15) is 0 Å². The van der Waals surface area contributed by atoms with E-state index in [4.69, 9.17) is 9.47 Å². The Bertz CT molecular complexity index is 124. The summed E-state index contributed by atoms with van der Waals surface area (Å²) in [5, 5.41) is 3.43. The summed E-state index contributed by atoms with van der Waals surface area (Å²) < 4.78 is 10.9. The smallest absolute Gasteiger partial charge is 0.0619 e. The fourth-order valence-corrected chi connectivity index (χ4v) is 1.99. The molecule has 2 atom stereocenters. The third-order valence-corrected chi connectivity index (χ3v) is 2.86. The lowest BCUT2D eigenvalue weighted by molar-refractivity contribution is 0.0778. The topological polar surface area (TPSA) is 30.5 Å². The van der Waals surface area contributed by atoms with E-state index in [1.54, 1.807) is 0 Å². The zero-order chi connectivity index (χ0) is 8.93. The van der Waals surface area contributed by atoms with Gasteiger partial charge in [-0.1, -0.05) is 0 Å². The SMILES string of the molecule is C1CN[C@H](COCC2CCOC2)C1. The zero-order valence-electron chi connectivity index (χ0n) is 8.13. The van der Waals surface area contributed by atoms with E-state index in [0.717, 1.165) is 26.4 Å². The summed E-state index contributed by atoms with van der Waals surface area (Å²) in [6.45, 7) is 4.77. The summed E-state index contributed by atoms with van der Waals surface area (Å²) in [7, 11) is 0. The Morgan fingerprint density at radius 2 is 2.31 bits per heavy atom. The molecule has 2 rings (SSSR count). The van der Waals surface area contributed by atoms with Crippen LogP contribution in [0.15, 0.2) is 0 Å². The van der Waals surface area contributed by atoms with Gasteiger partial charge in [-0.3, -0.25) is 0 Å². The van der Waals surface area contributed by atoms with Crippen LogP contribution in [0.5, 0.6) is 0 Å². The lowest BCUT2D eigenvalue weighted by Crippen LogP contribution is -2.27. The fraction of sp³-hybridized carbons (Fsp3) is 1.00. The van der Waals surface area contributed by atoms with Gasteiger partial charge in [-0.05, 0) is 25.8 Å². The van der Waals surface area contributed by atoms with Crippen LogP contribution in [0.4, 0.5) is 0 Å². The van der Waals surface area contributed by atoms with Gasteiger partial charge in [0, 0.05) is 18.6 Å². The molecule has 0 aliphatic carbocycles. The van der Waals surface area contributed by atoms with E-state index < -0.39 is 0 Å². The van der Waals surface area contributed by atoms with Gasteiger partial charge in [0.2, 0.25) is 0 Å². The van der Waals surface area contributed by atoms with Crippen LogP contribution in [-0.4, -0.2) is 39.0 Å². The Hall–Kier alpha value is -0.120. The van der Waals surface area contributed by atoms with E-state index in [2.05, 4.69) is 5.32 Å². The molecule has 2 saturated heterocycles. The molecule has 0 radical (unpaired) electrons. The molecule has 1 unspecified atom stereocenters. The first-order chi connectivity index (χ1) is 6.45. The molecule has 0 aromatic rings. The number of rotatable bonds is 4. The van der Waals surface area contributed by atoms with Crippen molar-refractivity contribution in [1.29, 1.82) is 0 Å². The van der Waals surface area contributed by atoms with Gasteiger partial charge < -0.3 is 14.8 Å². The highest BCUT2D eigenvalue weighted by Gasteiger charge is 2.18. The molecule has 76 valence electrons. The first-order valence-corrected chi connectivity index (χ1v) is 5.34. The number of nitrogens with one attached hydrogen (secondary N) is 1. The Labute approximate surface area is 79.8 Å². The molecule has 2 aliphatic rings. The van der Waals surface area contributed by atoms with E-state index >= 15 is 0 Å². The van der Waals surface area contributed by atoms with E-state index in [9.17, 15) is 0 Å². The molecule has 2 aliphatic heterocycles. The molecule has 0 amide bonds. The lowest BCUT2D eigenvalue weighted by Gasteiger charge is -2.12. The second-order valence-electron chi connectivity index (χ2n) is 4.06. The van der Waals surface area contributed by atoms with Crippen molar-refractivity contribution in [3.05, 3.63) is 0 Å². The summed E-state index contributed by atoms with van der Waals surface area (Å²) >= 11 is 0. The van der Waals surface area contributed by atoms with Crippen LogP contribution in [0.2, 0.25) is 0 Å². The molecule has 0 bridgehead atoms. The predicted octanol–water partition coefficient (Wildman–Crippen LogP) is 0.791. The zero-order valence-corrected chi connectivity index (χ0v) is 8.13. The Balaban J connectivity index is 1.52. The van der Waals surface area contributed by atoms with E-state index in [0.29, 0.717) is 12.0 Å². The standard InChI is InChI=1S/C10H19NO2/c1-2-10(11-4-1)8-13-7-9-3-5-12-6-9/h9-11H,1-8H2/t9?,10-/m0/s1. The minimum Gasteiger partial charge on any atom is -0.381 e. The van der Waals surface area contributed by atoms with Crippen molar-refractivity contribution in [1.82, 2.24) is 5.32 Å². The van der Waals surface area contributed by atoms with E-state index in [1.807, 2.05) is 0 Å². The summed E-state index contributed by atoms with van der Waals surface area (Å²) in [5.74, 6) is 0.654. The highest BCUT2D eigenvalue weighted by atomic mass is 16.5. The maximum Gasteiger partial charge on any atom is 0.0619 e. The van der Waals surface area contributed by atoms with Gasteiger partial charge in [0.15, 0.2) is 0 Å². The Morgan fingerprint density at radius 1 is 1.31 bits per heavy atom. The molecular formula is C10H19NO2. The molecule has 0 saturated carbocycles. The van der Waals surface area contributed by atoms with Gasteiger partial charge in [0.05, 0.1) is 19.8 Å². The molecule has 13 heavy (non-hydrogen) atoms. The van der Waals surface area contributed by atoms with Crippen molar-refractivity contribution in [3.63, 3.8) is 0 Å². The van der Waals surface area contributed by atoms with Crippen LogP contribution < -0.4 is 5.32 Å². The third-order valence-electron chi connectivity index (χ3n) is 2.86. The van der Waals surface area contributed by atoms with Crippen molar-refractivity contribution in [3.8, 4) is 0 Å². The van der Waals surface area contributed by atoms with Gasteiger partial charge >= 0.3 is 0 Å². The average Bonchev–Trinajstić information content (AvgIpc) is 2.75. The largest absolute Gasteiger partial charge is 0.381 e. The summed E-state index contributed by atoms with van der Waals surface area (Å²) in [4.78, 5) is 0. The fourth-order valence-electron chi connectivity index (χ4n) is 1.99. The van der Waals surface area contributed by atoms with Crippen molar-refractivity contribution in [2.24, 2.45) is 5.92 Å². The van der Waals surface area contributed by atoms with Crippen molar-refractivity contribution >= 4 is 0 Å². The predicted molar refractivity (Wildman–Crippen MR) is 50.8 cm³/mol. The first-order valence-electron chi connectivity index (χ1n) is 5.34. The third kappa shape index (κ3) is 2.93. The summed E-state index contributed by atoms with van der Waals surface area (Å²) in [6, 6.07) is 0.613. The second-order valence-corrected chi connectivity index (χ2v) is 4.06. The quantitative estimate of drug-likeness (QED) is 0.702. The van der Waals surface area contributed by atoms with Crippen molar-refractivity contribution in [2.45, 2.75) is 25.3 Å². The summed E-state index contributed by atoms with van der Waals surface area (Å²) in [5.41, 5.74) is 0. The van der Waals surface area contributed by atoms with Gasteiger partial charge in [-0.25, -0.2) is 0 Å². The Kier molecular flexibility index (Phi) is 3.58. The average molecular weight is 185 g/mol. The van der Waals surface area contributed by atoms with Crippen LogP contribution in [0.25, 0.3) is 0 Å². The minimum atomic E-state index is 0.613. The highest BCUT2D eigenvalue weighted by Crippen LogP contribution is 2.13. The molecule has 2 fully saturated rings. The van der Waals surface area contributed by atoms with E-state index in [1.165, 1.54) is 25.8 Å². The van der Waals surface area contributed by atoms with E-state index in [-0.39, 0.29) is 0 Å². The minimum absolute atomic E-state index is 0.613. The van der Waals surface area contributed by atoms with Crippen LogP contribution >= 0.6 is 0 Å². The second kappa shape index (κ2) is 4.94. The van der Waals surface area contributed by atoms with Crippen LogP contribution in [0.1, 0.15) is 19.3 Å². The van der Waals surface area contributed by atoms with Crippen LogP contribution in [-0.2, 0) is 9.47 Å². The van der Waals surface area contributed by atoms with Crippen molar-refractivity contribution < 1.29 is 9.47 Å². The maximum atomic E-state index is 5.66. The molecule has 3 heteroatoms. The Morgan fingerprint density at radius 3 is 3.00 bits per heavy atom. The molecular weight excluding hydrogens is 166 g/mol. The van der Waals surface area contributed by atoms with Crippen molar-refractivity contribution in [2.75, 3.05) is 33.0 Å². The first kappa shape index (κ1) is 9.44. The molecule has 0 aromatic heterocycles. The number of ether oxygens (including phenoxy) is 2. The lowest BCUT2D eigenvalue weighted by atomic mass is 10.1. The molecule has 2 heterocycles. The van der Waals surface area contributed by atoms with Crippen LogP contribution in [0, 0.1) is 5.92 Å². The molecule has 0 aromatic carbocycles. The molecule has 1 N–H and O–H groups in total. The summed E-state index contributed by atoms with van der Waals surface area (Å²) in [6.07, 6.45) is 3.76. The molecule has 3 nitrogen and oxygen atoms in total. The maximum absolute atomic E-state index is 5.66. The number of hydrogen-bond donors (Lipinski definition) is 1. The van der Waals surface area contributed by atoms with Gasteiger partial charge in [-0.15, -0.1) is 0 Å². The highest BCUT2D eigenvalue weighted by molar-refractivity contribution is 4.73.